The van der Waals surface area contributed by atoms with Crippen LogP contribution in [0.2, 0.25) is 0 Å². The molecule has 9 nitrogen and oxygen atoms in total. The number of aliphatic carboxylic acids is 2. The van der Waals surface area contributed by atoms with Crippen molar-refractivity contribution in [2.24, 2.45) is 5.41 Å². The number of benzene rings is 1. The summed E-state index contributed by atoms with van der Waals surface area (Å²) in [4.78, 5) is 39.7. The van der Waals surface area contributed by atoms with E-state index >= 15 is 0 Å². The first-order valence-corrected chi connectivity index (χ1v) is 12.2. The Balaban J connectivity index is 0.000000349. The average molecular weight is 594 g/mol. The Hall–Kier alpha value is -3.88. The predicted molar refractivity (Wildman–Crippen MR) is 132 cm³/mol. The van der Waals surface area contributed by atoms with Crippen LogP contribution in [0.15, 0.2) is 48.7 Å². The number of hydrogen-bond acceptors (Lipinski definition) is 6. The number of methoxy groups -OCH3 is 1. The molecule has 1 aromatic carbocycles. The molecule has 0 saturated carbocycles. The molecule has 0 unspecified atom stereocenters. The SMILES string of the molecule is COc1ccc(CN2CCC3(CC2)CCN(Cc2ccccn2)C3=O)cc1.O=C(O)C(F)(F)F.O=C(O)C(F)(F)F. The maximum Gasteiger partial charge on any atom is 0.490 e. The molecular formula is C26H29F6N3O6. The van der Waals surface area contributed by atoms with Crippen molar-refractivity contribution in [1.29, 1.82) is 0 Å². The van der Waals surface area contributed by atoms with Gasteiger partial charge in [0.15, 0.2) is 0 Å². The number of carbonyl (C=O) groups excluding carboxylic acids is 1. The highest BCUT2D eigenvalue weighted by Gasteiger charge is 2.48. The number of carbonyl (C=O) groups is 3. The molecule has 15 heteroatoms. The van der Waals surface area contributed by atoms with Crippen molar-refractivity contribution in [2.45, 2.75) is 44.7 Å². The Morgan fingerprint density at radius 1 is 0.878 bits per heavy atom. The van der Waals surface area contributed by atoms with Gasteiger partial charge in [-0.2, -0.15) is 26.3 Å². The van der Waals surface area contributed by atoms with E-state index in [2.05, 4.69) is 22.0 Å². The van der Waals surface area contributed by atoms with Gasteiger partial charge in [0, 0.05) is 19.3 Å². The van der Waals surface area contributed by atoms with E-state index in [-0.39, 0.29) is 5.41 Å². The Bertz CT molecular complexity index is 1130. The molecule has 4 rings (SSSR count). The number of halogens is 6. The van der Waals surface area contributed by atoms with Crippen LogP contribution < -0.4 is 4.74 Å². The number of pyridine rings is 1. The third kappa shape index (κ3) is 10.2. The second-order valence-corrected chi connectivity index (χ2v) is 9.31. The highest BCUT2D eigenvalue weighted by atomic mass is 19.4. The zero-order chi connectivity index (χ0) is 30.8. The second-order valence-electron chi connectivity index (χ2n) is 9.31. The molecule has 2 aliphatic heterocycles. The van der Waals surface area contributed by atoms with Gasteiger partial charge >= 0.3 is 24.3 Å². The highest BCUT2D eigenvalue weighted by molar-refractivity contribution is 5.85. The van der Waals surface area contributed by atoms with Crippen molar-refractivity contribution in [2.75, 3.05) is 26.7 Å². The minimum atomic E-state index is -5.08. The lowest BCUT2D eigenvalue weighted by atomic mass is 9.77. The summed E-state index contributed by atoms with van der Waals surface area (Å²) in [5.41, 5.74) is 2.12. The lowest BCUT2D eigenvalue weighted by Gasteiger charge is -2.38. The molecule has 1 amide bonds. The number of amides is 1. The van der Waals surface area contributed by atoms with Crippen LogP contribution in [0.5, 0.6) is 5.75 Å². The number of ether oxygens (including phenoxy) is 1. The number of aromatic nitrogens is 1. The van der Waals surface area contributed by atoms with E-state index in [0.29, 0.717) is 12.5 Å². The Morgan fingerprint density at radius 2 is 1.39 bits per heavy atom. The van der Waals surface area contributed by atoms with Gasteiger partial charge < -0.3 is 19.8 Å². The van der Waals surface area contributed by atoms with Crippen LogP contribution in [-0.2, 0) is 27.5 Å². The molecule has 0 radical (unpaired) electrons. The molecule has 0 bridgehead atoms. The van der Waals surface area contributed by atoms with E-state index < -0.39 is 24.3 Å². The molecular weight excluding hydrogens is 564 g/mol. The summed E-state index contributed by atoms with van der Waals surface area (Å²) in [5, 5.41) is 14.2. The first-order valence-electron chi connectivity index (χ1n) is 12.2. The fourth-order valence-electron chi connectivity index (χ4n) is 4.32. The van der Waals surface area contributed by atoms with Gasteiger partial charge in [0.05, 0.1) is 24.8 Å². The molecule has 2 saturated heterocycles. The second kappa shape index (κ2) is 14.1. The Kier molecular flexibility index (Phi) is 11.5. The van der Waals surface area contributed by atoms with Crippen LogP contribution in [0, 0.1) is 5.41 Å². The molecule has 2 aliphatic rings. The fraction of sp³-hybridized carbons (Fsp3) is 0.462. The molecule has 3 heterocycles. The maximum atomic E-state index is 13.1. The maximum absolute atomic E-state index is 13.1. The number of hydrogen-bond donors (Lipinski definition) is 2. The minimum Gasteiger partial charge on any atom is -0.497 e. The van der Waals surface area contributed by atoms with E-state index in [1.165, 1.54) is 5.56 Å². The van der Waals surface area contributed by atoms with Crippen molar-refractivity contribution in [3.63, 3.8) is 0 Å². The molecule has 2 aromatic rings. The molecule has 1 aromatic heterocycles. The molecule has 41 heavy (non-hydrogen) atoms. The summed E-state index contributed by atoms with van der Waals surface area (Å²) in [5.74, 6) is -4.29. The smallest absolute Gasteiger partial charge is 0.490 e. The van der Waals surface area contributed by atoms with Gasteiger partial charge in [-0.05, 0) is 62.2 Å². The number of carboxylic acid groups (broad SMARTS) is 2. The van der Waals surface area contributed by atoms with Crippen LogP contribution in [0.3, 0.4) is 0 Å². The van der Waals surface area contributed by atoms with Gasteiger partial charge in [-0.3, -0.25) is 14.7 Å². The molecule has 1 spiro atoms. The largest absolute Gasteiger partial charge is 0.497 e. The zero-order valence-electron chi connectivity index (χ0n) is 21.9. The summed E-state index contributed by atoms with van der Waals surface area (Å²) in [7, 11) is 1.69. The van der Waals surface area contributed by atoms with E-state index in [0.717, 1.165) is 56.9 Å². The van der Waals surface area contributed by atoms with Gasteiger partial charge in [0.25, 0.3) is 0 Å². The van der Waals surface area contributed by atoms with Crippen LogP contribution >= 0.6 is 0 Å². The van der Waals surface area contributed by atoms with Crippen LogP contribution in [0.25, 0.3) is 0 Å². The standard InChI is InChI=1S/C22H27N3O2.2C2HF3O2/c1-27-20-7-5-18(6-8-20)16-24-13-9-22(10-14-24)11-15-25(21(22)26)17-19-4-2-3-12-23-19;2*3-2(4,5)1(6)7/h2-8,12H,9-11,13-17H2,1H3;2*(H,6,7). The summed E-state index contributed by atoms with van der Waals surface area (Å²) in [6.07, 6.45) is -5.47. The third-order valence-electron chi connectivity index (χ3n) is 6.54. The molecule has 0 atom stereocenters. The molecule has 2 N–H and O–H groups in total. The first kappa shape index (κ1) is 33.3. The summed E-state index contributed by atoms with van der Waals surface area (Å²) in [6, 6.07) is 14.2. The Labute approximate surface area is 231 Å². The third-order valence-corrected chi connectivity index (χ3v) is 6.54. The van der Waals surface area contributed by atoms with E-state index in [4.69, 9.17) is 24.5 Å². The van der Waals surface area contributed by atoms with Crippen molar-refractivity contribution in [3.8, 4) is 5.75 Å². The van der Waals surface area contributed by atoms with Crippen molar-refractivity contribution < 1.29 is 55.7 Å². The minimum absolute atomic E-state index is 0.148. The molecule has 0 aliphatic carbocycles. The predicted octanol–water partition coefficient (Wildman–Crippen LogP) is 4.37. The summed E-state index contributed by atoms with van der Waals surface area (Å²) < 4.78 is 68.7. The van der Waals surface area contributed by atoms with Gasteiger partial charge in [0.1, 0.15) is 5.75 Å². The van der Waals surface area contributed by atoms with Crippen molar-refractivity contribution in [1.82, 2.24) is 14.8 Å². The number of rotatable bonds is 5. The zero-order valence-corrected chi connectivity index (χ0v) is 21.9. The number of nitrogens with zero attached hydrogens (tertiary/aromatic N) is 3. The molecule has 226 valence electrons. The van der Waals surface area contributed by atoms with Gasteiger partial charge in [-0.25, -0.2) is 9.59 Å². The monoisotopic (exact) mass is 593 g/mol. The first-order chi connectivity index (χ1) is 19.1. The number of carboxylic acids is 2. The number of likely N-dealkylation sites (tertiary alicyclic amines) is 2. The average Bonchev–Trinajstić information content (AvgIpc) is 3.20. The van der Waals surface area contributed by atoms with E-state index in [1.807, 2.05) is 35.2 Å². The fourth-order valence-corrected chi connectivity index (χ4v) is 4.32. The van der Waals surface area contributed by atoms with Crippen molar-refractivity contribution in [3.05, 3.63) is 59.9 Å². The van der Waals surface area contributed by atoms with E-state index in [1.54, 1.807) is 13.3 Å². The van der Waals surface area contributed by atoms with Gasteiger partial charge in [-0.1, -0.05) is 18.2 Å². The lowest BCUT2D eigenvalue weighted by molar-refractivity contribution is -0.193. The van der Waals surface area contributed by atoms with Gasteiger partial charge in [-0.15, -0.1) is 0 Å². The quantitative estimate of drug-likeness (QED) is 0.491. The number of piperidine rings is 1. The Morgan fingerprint density at radius 3 is 1.83 bits per heavy atom. The van der Waals surface area contributed by atoms with Crippen LogP contribution in [0.4, 0.5) is 26.3 Å². The summed E-state index contributed by atoms with van der Waals surface area (Å²) >= 11 is 0. The summed E-state index contributed by atoms with van der Waals surface area (Å²) in [6.45, 7) is 4.39. The highest BCUT2D eigenvalue weighted by Crippen LogP contribution is 2.42. The van der Waals surface area contributed by atoms with Crippen molar-refractivity contribution >= 4 is 17.8 Å². The van der Waals surface area contributed by atoms with Crippen LogP contribution in [-0.4, -0.2) is 81.9 Å². The molecule has 2 fully saturated rings. The number of alkyl halides is 6. The lowest BCUT2D eigenvalue weighted by Crippen LogP contribution is -2.44. The van der Waals surface area contributed by atoms with Crippen LogP contribution in [0.1, 0.15) is 30.5 Å². The van der Waals surface area contributed by atoms with Gasteiger partial charge in [0.2, 0.25) is 5.91 Å². The van der Waals surface area contributed by atoms with E-state index in [9.17, 15) is 31.1 Å². The topological polar surface area (TPSA) is 120 Å². The normalized spacial score (nSPS) is 16.8.